The fourth-order valence-electron chi connectivity index (χ4n) is 5.09. The summed E-state index contributed by atoms with van der Waals surface area (Å²) in [5, 5.41) is 6.36. The molecule has 0 spiro atoms. The molecule has 1 fully saturated rings. The normalized spacial score (nSPS) is 15.6. The van der Waals surface area contributed by atoms with E-state index in [1.807, 2.05) is 76.2 Å². The number of imidazole rings is 1. The molecule has 3 aromatic heterocycles. The van der Waals surface area contributed by atoms with Gasteiger partial charge >= 0.3 is 6.03 Å². The van der Waals surface area contributed by atoms with Gasteiger partial charge in [-0.3, -0.25) is 9.47 Å². The molecule has 1 atom stereocenters. The number of fused-ring (bicyclic) bond motifs is 1. The highest BCUT2D eigenvalue weighted by molar-refractivity contribution is 5.89. The predicted molar refractivity (Wildman–Crippen MR) is 161 cm³/mol. The first-order valence-electron chi connectivity index (χ1n) is 13.6. The second-order valence-electron chi connectivity index (χ2n) is 10.1. The molecule has 1 unspecified atom stereocenters. The van der Waals surface area contributed by atoms with Gasteiger partial charge in [0.05, 0.1) is 11.0 Å². The zero-order valence-electron chi connectivity index (χ0n) is 22.8. The van der Waals surface area contributed by atoms with Crippen molar-refractivity contribution in [1.29, 1.82) is 0 Å². The van der Waals surface area contributed by atoms with E-state index in [-0.39, 0.29) is 12.1 Å². The van der Waals surface area contributed by atoms with Crippen LogP contribution in [0.1, 0.15) is 6.42 Å². The maximum absolute atomic E-state index is 12.8. The van der Waals surface area contributed by atoms with Gasteiger partial charge in [-0.15, -0.1) is 0 Å². The number of pyridine rings is 1. The van der Waals surface area contributed by atoms with E-state index >= 15 is 0 Å². The Labute approximate surface area is 238 Å². The number of nitrogens with one attached hydrogen (secondary N) is 2. The number of nitrogen functional groups attached to an aromatic ring is 1. The number of nitrogens with two attached hydrogens (primary N) is 1. The molecule has 0 radical (unpaired) electrons. The zero-order valence-corrected chi connectivity index (χ0v) is 22.8. The molecule has 4 N–H and O–H groups in total. The van der Waals surface area contributed by atoms with E-state index in [0.29, 0.717) is 31.4 Å². The van der Waals surface area contributed by atoms with Crippen molar-refractivity contribution >= 4 is 34.5 Å². The van der Waals surface area contributed by atoms with E-state index in [1.165, 1.54) is 0 Å². The molecule has 4 heterocycles. The summed E-state index contributed by atoms with van der Waals surface area (Å²) < 4.78 is 1.95. The lowest BCUT2D eigenvalue weighted by atomic mass is 10.1. The van der Waals surface area contributed by atoms with Crippen molar-refractivity contribution in [2.24, 2.45) is 0 Å². The molecule has 2 amide bonds. The van der Waals surface area contributed by atoms with Crippen LogP contribution in [0.2, 0.25) is 0 Å². The van der Waals surface area contributed by atoms with Crippen molar-refractivity contribution < 1.29 is 4.79 Å². The molecule has 5 aromatic rings. The van der Waals surface area contributed by atoms with Crippen LogP contribution in [0.15, 0.2) is 85.5 Å². The topological polar surface area (TPSA) is 130 Å². The first-order chi connectivity index (χ1) is 20.0. The second kappa shape index (κ2) is 11.6. The number of likely N-dealkylation sites (N-methyl/N-ethyl adjacent to an activating group) is 1. The van der Waals surface area contributed by atoms with Gasteiger partial charge < -0.3 is 21.3 Å². The number of carbonyl (C=O) groups excluding carboxylic acids is 1. The summed E-state index contributed by atoms with van der Waals surface area (Å²) in [5.74, 6) is 1.75. The highest BCUT2D eigenvalue weighted by Crippen LogP contribution is 2.26. The van der Waals surface area contributed by atoms with E-state index in [4.69, 9.17) is 10.7 Å². The fourth-order valence-corrected chi connectivity index (χ4v) is 5.09. The van der Waals surface area contributed by atoms with Crippen LogP contribution in [0.4, 0.5) is 22.2 Å². The van der Waals surface area contributed by atoms with Gasteiger partial charge in [0.1, 0.15) is 18.0 Å². The number of hydrogen-bond acceptors (Lipinski definition) is 8. The quantitative estimate of drug-likeness (QED) is 0.277. The summed E-state index contributed by atoms with van der Waals surface area (Å²) in [6.45, 7) is 2.85. The molecule has 208 valence electrons. The van der Waals surface area contributed by atoms with Gasteiger partial charge in [-0.25, -0.2) is 19.7 Å². The van der Waals surface area contributed by atoms with Gasteiger partial charge in [0.25, 0.3) is 0 Å². The van der Waals surface area contributed by atoms with E-state index in [0.717, 1.165) is 46.6 Å². The van der Waals surface area contributed by atoms with Crippen LogP contribution >= 0.6 is 0 Å². The maximum atomic E-state index is 12.8. The molecule has 41 heavy (non-hydrogen) atoms. The molecule has 1 aliphatic heterocycles. The molecular weight excluding hydrogens is 516 g/mol. The number of rotatable bonds is 7. The SMILES string of the molecule is CN1CCN(C(=O)Nc2ccccc2)CC1CCNc1nccc(-n2cnc3cc(-c4ccnc(N)c4)ccc32)n1. The molecule has 11 heteroatoms. The Morgan fingerprint density at radius 3 is 2.66 bits per heavy atom. The summed E-state index contributed by atoms with van der Waals surface area (Å²) in [4.78, 5) is 34.8. The number of piperazine rings is 1. The summed E-state index contributed by atoms with van der Waals surface area (Å²) in [5.41, 5.74) is 10.5. The number of hydrogen-bond donors (Lipinski definition) is 3. The smallest absolute Gasteiger partial charge is 0.321 e. The van der Waals surface area contributed by atoms with Crippen LogP contribution < -0.4 is 16.4 Å². The van der Waals surface area contributed by atoms with E-state index in [9.17, 15) is 4.79 Å². The van der Waals surface area contributed by atoms with Crippen molar-refractivity contribution in [2.75, 3.05) is 49.6 Å². The Balaban J connectivity index is 1.09. The monoisotopic (exact) mass is 548 g/mol. The number of para-hydroxylation sites is 1. The van der Waals surface area contributed by atoms with E-state index in [2.05, 4.69) is 37.5 Å². The first-order valence-corrected chi connectivity index (χ1v) is 13.6. The Hall–Kier alpha value is -5.03. The summed E-state index contributed by atoms with van der Waals surface area (Å²) in [6, 6.07) is 21.5. The predicted octanol–water partition coefficient (Wildman–Crippen LogP) is 4.11. The molecule has 1 saturated heterocycles. The highest BCUT2D eigenvalue weighted by Gasteiger charge is 2.27. The third-order valence-electron chi connectivity index (χ3n) is 7.40. The molecule has 0 saturated carbocycles. The lowest BCUT2D eigenvalue weighted by molar-refractivity contribution is 0.113. The largest absolute Gasteiger partial charge is 0.384 e. The van der Waals surface area contributed by atoms with Crippen LogP contribution in [-0.2, 0) is 0 Å². The first kappa shape index (κ1) is 26.2. The van der Waals surface area contributed by atoms with Crippen LogP contribution in [-0.4, -0.2) is 79.6 Å². The molecule has 0 aliphatic carbocycles. The minimum Gasteiger partial charge on any atom is -0.384 e. The number of benzene rings is 2. The van der Waals surface area contributed by atoms with Gasteiger partial charge in [0.15, 0.2) is 0 Å². The highest BCUT2D eigenvalue weighted by atomic mass is 16.2. The number of aromatic nitrogens is 5. The Morgan fingerprint density at radius 1 is 0.976 bits per heavy atom. The molecule has 6 rings (SSSR count). The molecule has 11 nitrogen and oxygen atoms in total. The minimum absolute atomic E-state index is 0.0668. The Kier molecular flexibility index (Phi) is 7.42. The van der Waals surface area contributed by atoms with Crippen molar-refractivity contribution in [1.82, 2.24) is 34.3 Å². The average Bonchev–Trinajstić information content (AvgIpc) is 3.42. The number of carbonyl (C=O) groups is 1. The van der Waals surface area contributed by atoms with Gasteiger partial charge in [-0.2, -0.15) is 4.98 Å². The van der Waals surface area contributed by atoms with Crippen LogP contribution in [0, 0.1) is 0 Å². The lowest BCUT2D eigenvalue weighted by Crippen LogP contribution is -2.54. The van der Waals surface area contributed by atoms with Crippen molar-refractivity contribution in [3.05, 3.63) is 85.5 Å². The van der Waals surface area contributed by atoms with Gasteiger partial charge in [-0.05, 0) is 67.1 Å². The Bertz CT molecular complexity index is 1650. The molecule has 2 aromatic carbocycles. The molecular formula is C30H32N10O. The zero-order chi connectivity index (χ0) is 28.2. The second-order valence-corrected chi connectivity index (χ2v) is 10.1. The summed E-state index contributed by atoms with van der Waals surface area (Å²) in [6.07, 6.45) is 6.06. The van der Waals surface area contributed by atoms with E-state index in [1.54, 1.807) is 18.7 Å². The average molecular weight is 549 g/mol. The third kappa shape index (κ3) is 5.94. The van der Waals surface area contributed by atoms with Gasteiger partial charge in [-0.1, -0.05) is 24.3 Å². The number of amides is 2. The number of anilines is 3. The number of urea groups is 1. The van der Waals surface area contributed by atoms with Gasteiger partial charge in [0, 0.05) is 50.3 Å². The van der Waals surface area contributed by atoms with Crippen molar-refractivity contribution in [3.8, 4) is 16.9 Å². The standard InChI is InChI=1S/C30H32N10O/c1-38-15-16-39(30(41)36-23-5-3-2-4-6-23)19-24(38)10-13-33-29-34-14-11-28(37-29)40-20-35-25-17-21(7-8-26(25)40)22-9-12-32-27(31)18-22/h2-9,11-12,14,17-18,20,24H,10,13,15-16,19H2,1H3,(H2,31,32)(H,36,41)(H,33,34,37). The fraction of sp³-hybridized carbons (Fsp3) is 0.233. The summed E-state index contributed by atoms with van der Waals surface area (Å²) >= 11 is 0. The molecule has 1 aliphatic rings. The van der Waals surface area contributed by atoms with Crippen LogP contribution in [0.5, 0.6) is 0 Å². The third-order valence-corrected chi connectivity index (χ3v) is 7.40. The Morgan fingerprint density at radius 2 is 1.80 bits per heavy atom. The van der Waals surface area contributed by atoms with E-state index < -0.39 is 0 Å². The maximum Gasteiger partial charge on any atom is 0.321 e. The van der Waals surface area contributed by atoms with Crippen LogP contribution in [0.25, 0.3) is 28.0 Å². The lowest BCUT2D eigenvalue weighted by Gasteiger charge is -2.39. The van der Waals surface area contributed by atoms with Crippen LogP contribution in [0.3, 0.4) is 0 Å². The van der Waals surface area contributed by atoms with Gasteiger partial charge in [0.2, 0.25) is 5.95 Å². The number of nitrogens with zero attached hydrogens (tertiary/aromatic N) is 7. The van der Waals surface area contributed by atoms with Crippen molar-refractivity contribution in [3.63, 3.8) is 0 Å². The summed E-state index contributed by atoms with van der Waals surface area (Å²) in [7, 11) is 2.10. The minimum atomic E-state index is -0.0668. The molecule has 0 bridgehead atoms. The van der Waals surface area contributed by atoms with Crippen molar-refractivity contribution in [2.45, 2.75) is 12.5 Å².